The van der Waals surface area contributed by atoms with E-state index >= 15 is 0 Å². The monoisotopic (exact) mass is 414 g/mol. The summed E-state index contributed by atoms with van der Waals surface area (Å²) >= 11 is 0. The van der Waals surface area contributed by atoms with Gasteiger partial charge in [0.1, 0.15) is 5.75 Å². The molecular weight excluding hydrogens is 384 g/mol. The van der Waals surface area contributed by atoms with Gasteiger partial charge in [-0.1, -0.05) is 5.16 Å². The molecule has 1 aromatic heterocycles. The molecule has 0 radical (unpaired) electrons. The molecule has 1 fully saturated rings. The summed E-state index contributed by atoms with van der Waals surface area (Å²) in [4.78, 5) is 23.2. The van der Waals surface area contributed by atoms with E-state index in [4.69, 9.17) is 9.26 Å². The smallest absolute Gasteiger partial charge is 0.220 e. The number of nitrogens with zero attached hydrogens (tertiary/aromatic N) is 1. The normalized spacial score (nSPS) is 18.6. The summed E-state index contributed by atoms with van der Waals surface area (Å²) in [7, 11) is 1.64. The molecule has 8 heteroatoms. The van der Waals surface area contributed by atoms with Crippen molar-refractivity contribution < 1.29 is 18.8 Å². The van der Waals surface area contributed by atoms with E-state index in [0.717, 1.165) is 48.7 Å². The van der Waals surface area contributed by atoms with E-state index in [-0.39, 0.29) is 17.7 Å². The molecule has 1 aliphatic heterocycles. The molecule has 2 atom stereocenters. The number of methoxy groups -OCH3 is 1. The van der Waals surface area contributed by atoms with Gasteiger partial charge in [-0.25, -0.2) is 0 Å². The first-order chi connectivity index (χ1) is 14.5. The zero-order chi connectivity index (χ0) is 21.3. The summed E-state index contributed by atoms with van der Waals surface area (Å²) in [5, 5.41) is 13.2. The number of carbonyl (C=O) groups is 2. The zero-order valence-electron chi connectivity index (χ0n) is 17.6. The maximum atomic E-state index is 12.3. The van der Waals surface area contributed by atoms with Crippen LogP contribution in [0, 0.1) is 11.8 Å². The SMILES string of the molecule is COc1ccc(-c2cc(C[C@H]3CNCC[C@@H]3CC(=O)NCCNC(C)=O)no2)cc1. The van der Waals surface area contributed by atoms with Crippen molar-refractivity contribution in [1.29, 1.82) is 0 Å². The third-order valence-corrected chi connectivity index (χ3v) is 5.44. The molecule has 0 unspecified atom stereocenters. The topological polar surface area (TPSA) is 105 Å². The standard InChI is InChI=1S/C22H30N4O4/c1-15(27)24-9-10-25-22(28)12-17-7-8-23-14-18(17)11-19-13-21(30-26-19)16-3-5-20(29-2)6-4-16/h3-6,13,17-18,23H,7-12,14H2,1-2H3,(H,24,27)(H,25,28)/t17-,18+/m1/s1. The molecule has 0 aliphatic carbocycles. The minimum absolute atomic E-state index is 0.0244. The lowest BCUT2D eigenvalue weighted by Crippen LogP contribution is -2.41. The van der Waals surface area contributed by atoms with Crippen LogP contribution in [0.1, 0.15) is 25.5 Å². The van der Waals surface area contributed by atoms with Gasteiger partial charge in [-0.05, 0) is 62.0 Å². The van der Waals surface area contributed by atoms with Gasteiger partial charge in [0, 0.05) is 38.1 Å². The first-order valence-corrected chi connectivity index (χ1v) is 10.4. The molecule has 0 spiro atoms. The molecule has 1 aliphatic rings. The van der Waals surface area contributed by atoms with E-state index in [2.05, 4.69) is 21.1 Å². The van der Waals surface area contributed by atoms with Crippen molar-refractivity contribution >= 4 is 11.8 Å². The first-order valence-electron chi connectivity index (χ1n) is 10.4. The zero-order valence-corrected chi connectivity index (χ0v) is 17.6. The van der Waals surface area contributed by atoms with Gasteiger partial charge in [0.05, 0.1) is 12.8 Å². The fourth-order valence-electron chi connectivity index (χ4n) is 3.80. The van der Waals surface area contributed by atoms with Crippen molar-refractivity contribution in [2.75, 3.05) is 33.3 Å². The van der Waals surface area contributed by atoms with E-state index in [9.17, 15) is 9.59 Å². The fraction of sp³-hybridized carbons (Fsp3) is 0.500. The second-order valence-corrected chi connectivity index (χ2v) is 7.67. The van der Waals surface area contributed by atoms with Crippen LogP contribution in [-0.2, 0) is 16.0 Å². The molecule has 1 saturated heterocycles. The predicted molar refractivity (Wildman–Crippen MR) is 113 cm³/mol. The highest BCUT2D eigenvalue weighted by Gasteiger charge is 2.28. The van der Waals surface area contributed by atoms with Gasteiger partial charge in [0.2, 0.25) is 11.8 Å². The molecule has 0 bridgehead atoms. The van der Waals surface area contributed by atoms with E-state index in [0.29, 0.717) is 25.4 Å². The Bertz CT molecular complexity index is 834. The number of rotatable bonds is 9. The Balaban J connectivity index is 1.54. The molecule has 162 valence electrons. The van der Waals surface area contributed by atoms with Crippen molar-refractivity contribution in [2.24, 2.45) is 11.8 Å². The number of carbonyl (C=O) groups excluding carboxylic acids is 2. The number of hydrogen-bond acceptors (Lipinski definition) is 6. The van der Waals surface area contributed by atoms with Gasteiger partial charge in [-0.2, -0.15) is 0 Å². The van der Waals surface area contributed by atoms with E-state index in [1.165, 1.54) is 6.92 Å². The van der Waals surface area contributed by atoms with Crippen LogP contribution in [0.25, 0.3) is 11.3 Å². The maximum absolute atomic E-state index is 12.3. The first kappa shape index (κ1) is 21.8. The van der Waals surface area contributed by atoms with Crippen LogP contribution in [0.2, 0.25) is 0 Å². The summed E-state index contributed by atoms with van der Waals surface area (Å²) < 4.78 is 10.7. The van der Waals surface area contributed by atoms with Gasteiger partial charge >= 0.3 is 0 Å². The second-order valence-electron chi connectivity index (χ2n) is 7.67. The average Bonchev–Trinajstić information content (AvgIpc) is 3.21. The summed E-state index contributed by atoms with van der Waals surface area (Å²) in [5.74, 6) is 2.05. The van der Waals surface area contributed by atoms with Gasteiger partial charge < -0.3 is 25.2 Å². The number of ether oxygens (including phenoxy) is 1. The maximum Gasteiger partial charge on any atom is 0.220 e. The lowest BCUT2D eigenvalue weighted by molar-refractivity contribution is -0.123. The Kier molecular flexibility index (Phi) is 7.84. The highest BCUT2D eigenvalue weighted by atomic mass is 16.5. The number of amides is 2. The predicted octanol–water partition coefficient (Wildman–Crippen LogP) is 1.76. The Labute approximate surface area is 176 Å². The highest BCUT2D eigenvalue weighted by Crippen LogP contribution is 2.28. The lowest BCUT2D eigenvalue weighted by Gasteiger charge is -2.31. The van der Waals surface area contributed by atoms with Crippen LogP contribution in [0.5, 0.6) is 5.75 Å². The quantitative estimate of drug-likeness (QED) is 0.540. The van der Waals surface area contributed by atoms with Crippen LogP contribution < -0.4 is 20.7 Å². The molecule has 2 aromatic rings. The van der Waals surface area contributed by atoms with Crippen molar-refractivity contribution in [3.8, 4) is 17.1 Å². The van der Waals surface area contributed by atoms with Crippen molar-refractivity contribution in [3.05, 3.63) is 36.0 Å². The van der Waals surface area contributed by atoms with Crippen molar-refractivity contribution in [2.45, 2.75) is 26.2 Å². The Morgan fingerprint density at radius 1 is 1.20 bits per heavy atom. The second kappa shape index (κ2) is 10.8. The number of hydrogen-bond donors (Lipinski definition) is 3. The molecule has 0 saturated carbocycles. The molecule has 2 amide bonds. The Morgan fingerprint density at radius 3 is 2.70 bits per heavy atom. The Hall–Kier alpha value is -2.87. The minimum atomic E-state index is -0.0933. The Morgan fingerprint density at radius 2 is 1.97 bits per heavy atom. The lowest BCUT2D eigenvalue weighted by atomic mass is 9.81. The molecule has 30 heavy (non-hydrogen) atoms. The van der Waals surface area contributed by atoms with Gasteiger partial charge in [-0.15, -0.1) is 0 Å². The number of nitrogens with one attached hydrogen (secondary N) is 3. The van der Waals surface area contributed by atoms with Crippen LogP contribution in [-0.4, -0.2) is 50.3 Å². The molecule has 2 heterocycles. The number of aromatic nitrogens is 1. The summed E-state index contributed by atoms with van der Waals surface area (Å²) in [5.41, 5.74) is 1.84. The van der Waals surface area contributed by atoms with E-state index in [1.807, 2.05) is 30.3 Å². The van der Waals surface area contributed by atoms with Crippen LogP contribution in [0.15, 0.2) is 34.9 Å². The van der Waals surface area contributed by atoms with Gasteiger partial charge in [0.15, 0.2) is 5.76 Å². The van der Waals surface area contributed by atoms with Crippen molar-refractivity contribution in [3.63, 3.8) is 0 Å². The average molecular weight is 415 g/mol. The largest absolute Gasteiger partial charge is 0.497 e. The minimum Gasteiger partial charge on any atom is -0.497 e. The van der Waals surface area contributed by atoms with Gasteiger partial charge in [0.25, 0.3) is 0 Å². The van der Waals surface area contributed by atoms with E-state index < -0.39 is 0 Å². The molecular formula is C22H30N4O4. The number of piperidine rings is 1. The molecule has 8 nitrogen and oxygen atoms in total. The van der Waals surface area contributed by atoms with Crippen molar-refractivity contribution in [1.82, 2.24) is 21.1 Å². The van der Waals surface area contributed by atoms with E-state index in [1.54, 1.807) is 7.11 Å². The molecule has 3 N–H and O–H groups in total. The van der Waals surface area contributed by atoms with Crippen LogP contribution in [0.3, 0.4) is 0 Å². The number of benzene rings is 1. The summed E-state index contributed by atoms with van der Waals surface area (Å²) in [6.45, 7) is 4.13. The molecule has 1 aromatic carbocycles. The van der Waals surface area contributed by atoms with Crippen LogP contribution in [0.4, 0.5) is 0 Å². The van der Waals surface area contributed by atoms with Gasteiger partial charge in [-0.3, -0.25) is 9.59 Å². The van der Waals surface area contributed by atoms with Crippen LogP contribution >= 0.6 is 0 Å². The summed E-state index contributed by atoms with van der Waals surface area (Å²) in [6, 6.07) is 9.64. The highest BCUT2D eigenvalue weighted by molar-refractivity contribution is 5.76. The molecule has 3 rings (SSSR count). The third kappa shape index (κ3) is 6.32. The fourth-order valence-corrected chi connectivity index (χ4v) is 3.80. The summed E-state index contributed by atoms with van der Waals surface area (Å²) in [6.07, 6.45) is 2.19. The third-order valence-electron chi connectivity index (χ3n) is 5.44.